The maximum absolute atomic E-state index is 10.3. The number of aliphatic hydroxyl groups excluding tert-OH is 1. The van der Waals surface area contributed by atoms with Crippen LogP contribution in [0.1, 0.15) is 46.5 Å². The van der Waals surface area contributed by atoms with Crippen molar-refractivity contribution >= 4 is 0 Å². The summed E-state index contributed by atoms with van der Waals surface area (Å²) < 4.78 is 5.48. The molecule has 4 atom stereocenters. The summed E-state index contributed by atoms with van der Waals surface area (Å²) in [6.07, 6.45) is 6.57. The zero-order valence-corrected chi connectivity index (χ0v) is 11.6. The fourth-order valence-corrected chi connectivity index (χ4v) is 4.00. The molecule has 1 fully saturated rings. The largest absolute Gasteiger partial charge is 0.389 e. The van der Waals surface area contributed by atoms with Crippen molar-refractivity contribution in [1.29, 1.82) is 0 Å². The first-order valence-electron chi connectivity index (χ1n) is 6.92. The Balaban J connectivity index is 2.35. The van der Waals surface area contributed by atoms with E-state index in [1.807, 2.05) is 0 Å². The summed E-state index contributed by atoms with van der Waals surface area (Å²) in [7, 11) is 1.77. The summed E-state index contributed by atoms with van der Waals surface area (Å²) in [6.45, 7) is 6.91. The number of ether oxygens (including phenoxy) is 1. The van der Waals surface area contributed by atoms with Crippen molar-refractivity contribution in [3.63, 3.8) is 0 Å². The normalized spacial score (nSPS) is 42.2. The highest BCUT2D eigenvalue weighted by atomic mass is 16.5. The monoisotopic (exact) mass is 238 g/mol. The standard InChI is InChI=1S/C15H26O2/c1-10(2)12-9-14(16)13-8-11(17-4)6-5-7-15(12,13)3/h8,10-12,14,16H,5-7,9H2,1-4H3/t11-,12+,14-,15+/m0/s1. The van der Waals surface area contributed by atoms with Gasteiger partial charge in [0.1, 0.15) is 0 Å². The molecule has 98 valence electrons. The minimum Gasteiger partial charge on any atom is -0.389 e. The van der Waals surface area contributed by atoms with Gasteiger partial charge in [-0.05, 0) is 48.5 Å². The quantitative estimate of drug-likeness (QED) is 0.749. The Morgan fingerprint density at radius 2 is 2.18 bits per heavy atom. The highest BCUT2D eigenvalue weighted by Gasteiger charge is 2.48. The van der Waals surface area contributed by atoms with Gasteiger partial charge >= 0.3 is 0 Å². The van der Waals surface area contributed by atoms with E-state index in [2.05, 4.69) is 26.8 Å². The average Bonchev–Trinajstić information content (AvgIpc) is 2.45. The molecule has 0 amide bonds. The number of hydrogen-bond acceptors (Lipinski definition) is 2. The molecule has 2 nitrogen and oxygen atoms in total. The predicted octanol–water partition coefficient (Wildman–Crippen LogP) is 3.15. The molecular formula is C15H26O2. The Kier molecular flexibility index (Phi) is 3.65. The Morgan fingerprint density at radius 3 is 2.76 bits per heavy atom. The lowest BCUT2D eigenvalue weighted by Crippen LogP contribution is -2.27. The van der Waals surface area contributed by atoms with Crippen LogP contribution in [0, 0.1) is 17.3 Å². The Bertz CT molecular complexity index is 308. The summed E-state index contributed by atoms with van der Waals surface area (Å²) in [5.41, 5.74) is 1.45. The van der Waals surface area contributed by atoms with E-state index in [1.54, 1.807) is 7.11 Å². The molecule has 0 aromatic carbocycles. The maximum atomic E-state index is 10.3. The molecule has 0 aromatic rings. The zero-order valence-electron chi connectivity index (χ0n) is 11.6. The second-order valence-electron chi connectivity index (χ2n) is 6.31. The Morgan fingerprint density at radius 1 is 1.47 bits per heavy atom. The first-order chi connectivity index (χ1) is 7.99. The number of aliphatic hydroxyl groups is 1. The van der Waals surface area contributed by atoms with Crippen LogP contribution in [0.4, 0.5) is 0 Å². The van der Waals surface area contributed by atoms with Crippen molar-refractivity contribution in [3.05, 3.63) is 11.6 Å². The highest BCUT2D eigenvalue weighted by molar-refractivity contribution is 5.28. The number of hydrogen-bond donors (Lipinski definition) is 1. The van der Waals surface area contributed by atoms with Gasteiger partial charge in [-0.25, -0.2) is 0 Å². The Labute approximate surface area is 105 Å². The van der Waals surface area contributed by atoms with Crippen LogP contribution in [0.15, 0.2) is 11.6 Å². The van der Waals surface area contributed by atoms with Gasteiger partial charge in [0.05, 0.1) is 12.2 Å². The van der Waals surface area contributed by atoms with Crippen LogP contribution < -0.4 is 0 Å². The van der Waals surface area contributed by atoms with E-state index in [9.17, 15) is 5.11 Å². The van der Waals surface area contributed by atoms with Crippen LogP contribution in [0.3, 0.4) is 0 Å². The molecule has 0 spiro atoms. The average molecular weight is 238 g/mol. The van der Waals surface area contributed by atoms with Gasteiger partial charge in [0, 0.05) is 7.11 Å². The minimum atomic E-state index is -0.247. The van der Waals surface area contributed by atoms with Gasteiger partial charge in [-0.1, -0.05) is 26.8 Å². The van der Waals surface area contributed by atoms with Crippen LogP contribution in [0.25, 0.3) is 0 Å². The maximum Gasteiger partial charge on any atom is 0.0759 e. The fraction of sp³-hybridized carbons (Fsp3) is 0.867. The van der Waals surface area contributed by atoms with E-state index in [0.717, 1.165) is 12.8 Å². The topological polar surface area (TPSA) is 29.5 Å². The molecule has 2 heteroatoms. The van der Waals surface area contributed by atoms with Crippen molar-refractivity contribution in [1.82, 2.24) is 0 Å². The molecule has 2 aliphatic rings. The van der Waals surface area contributed by atoms with Crippen LogP contribution in [-0.4, -0.2) is 24.4 Å². The van der Waals surface area contributed by atoms with Crippen LogP contribution in [0.5, 0.6) is 0 Å². The van der Waals surface area contributed by atoms with E-state index in [0.29, 0.717) is 11.8 Å². The molecule has 17 heavy (non-hydrogen) atoms. The molecular weight excluding hydrogens is 212 g/mol. The Hall–Kier alpha value is -0.340. The molecule has 0 bridgehead atoms. The smallest absolute Gasteiger partial charge is 0.0759 e. The molecule has 0 saturated heterocycles. The van der Waals surface area contributed by atoms with Gasteiger partial charge in [0.15, 0.2) is 0 Å². The van der Waals surface area contributed by atoms with Gasteiger partial charge in [-0.2, -0.15) is 0 Å². The number of fused-ring (bicyclic) bond motifs is 1. The first kappa shape index (κ1) is 13.1. The summed E-state index contributed by atoms with van der Waals surface area (Å²) in [6, 6.07) is 0. The summed E-state index contributed by atoms with van der Waals surface area (Å²) >= 11 is 0. The molecule has 0 unspecified atom stereocenters. The van der Waals surface area contributed by atoms with E-state index < -0.39 is 0 Å². The second kappa shape index (κ2) is 4.74. The van der Waals surface area contributed by atoms with Gasteiger partial charge in [-0.15, -0.1) is 0 Å². The fourth-order valence-electron chi connectivity index (χ4n) is 4.00. The molecule has 2 rings (SSSR count). The van der Waals surface area contributed by atoms with Crippen molar-refractivity contribution < 1.29 is 9.84 Å². The van der Waals surface area contributed by atoms with Gasteiger partial charge < -0.3 is 9.84 Å². The molecule has 2 aliphatic carbocycles. The lowest BCUT2D eigenvalue weighted by Gasteiger charge is -2.34. The molecule has 0 aliphatic heterocycles. The van der Waals surface area contributed by atoms with Gasteiger partial charge in [-0.3, -0.25) is 0 Å². The van der Waals surface area contributed by atoms with Gasteiger partial charge in [0.25, 0.3) is 0 Å². The van der Waals surface area contributed by atoms with E-state index >= 15 is 0 Å². The highest BCUT2D eigenvalue weighted by Crippen LogP contribution is 2.54. The molecule has 1 N–H and O–H groups in total. The lowest BCUT2D eigenvalue weighted by atomic mass is 9.70. The first-order valence-corrected chi connectivity index (χ1v) is 6.92. The van der Waals surface area contributed by atoms with Crippen LogP contribution in [0.2, 0.25) is 0 Å². The predicted molar refractivity (Wildman–Crippen MR) is 69.8 cm³/mol. The second-order valence-corrected chi connectivity index (χ2v) is 6.31. The van der Waals surface area contributed by atoms with Crippen LogP contribution in [-0.2, 0) is 4.74 Å². The minimum absolute atomic E-state index is 0.195. The number of rotatable bonds is 2. The molecule has 0 aromatic heterocycles. The third-order valence-electron chi connectivity index (χ3n) is 4.97. The molecule has 0 heterocycles. The SMILES string of the molecule is CO[C@@H]1C=C2[C@@H](O)C[C@H](C(C)C)[C@@]2(C)CCC1. The van der Waals surface area contributed by atoms with Crippen molar-refractivity contribution in [3.8, 4) is 0 Å². The van der Waals surface area contributed by atoms with Crippen molar-refractivity contribution in [2.45, 2.75) is 58.7 Å². The van der Waals surface area contributed by atoms with Crippen molar-refractivity contribution in [2.24, 2.45) is 17.3 Å². The third-order valence-corrected chi connectivity index (χ3v) is 4.97. The van der Waals surface area contributed by atoms with Crippen LogP contribution >= 0.6 is 0 Å². The zero-order chi connectivity index (χ0) is 12.6. The number of methoxy groups -OCH3 is 1. The summed E-state index contributed by atoms with van der Waals surface area (Å²) in [4.78, 5) is 0. The van der Waals surface area contributed by atoms with E-state index in [-0.39, 0.29) is 17.6 Å². The summed E-state index contributed by atoms with van der Waals surface area (Å²) in [5.74, 6) is 1.25. The van der Waals surface area contributed by atoms with Crippen molar-refractivity contribution in [2.75, 3.05) is 7.11 Å². The van der Waals surface area contributed by atoms with Gasteiger partial charge in [0.2, 0.25) is 0 Å². The third kappa shape index (κ3) is 2.17. The molecule has 0 radical (unpaired) electrons. The lowest BCUT2D eigenvalue weighted by molar-refractivity contribution is 0.127. The van der Waals surface area contributed by atoms with E-state index in [4.69, 9.17) is 4.74 Å². The molecule has 1 saturated carbocycles. The van der Waals surface area contributed by atoms with E-state index in [1.165, 1.54) is 18.4 Å². The summed E-state index contributed by atoms with van der Waals surface area (Å²) in [5, 5.41) is 10.3.